The van der Waals surface area contributed by atoms with Gasteiger partial charge in [-0.15, -0.1) is 10.2 Å². The van der Waals surface area contributed by atoms with Crippen molar-refractivity contribution in [3.8, 4) is 5.69 Å². The van der Waals surface area contributed by atoms with E-state index in [0.29, 0.717) is 17.1 Å². The second kappa shape index (κ2) is 6.56. The van der Waals surface area contributed by atoms with Crippen LogP contribution in [0.15, 0.2) is 41.6 Å². The van der Waals surface area contributed by atoms with Gasteiger partial charge in [-0.3, -0.25) is 9.36 Å². The molecule has 1 aromatic heterocycles. The van der Waals surface area contributed by atoms with Gasteiger partial charge in [0, 0.05) is 5.39 Å². The van der Waals surface area contributed by atoms with Gasteiger partial charge in [0.05, 0.1) is 5.69 Å². The lowest BCUT2D eigenvalue weighted by atomic mass is 10.0. The zero-order valence-corrected chi connectivity index (χ0v) is 15.5. The van der Waals surface area contributed by atoms with Crippen LogP contribution < -0.4 is 0 Å². The first-order chi connectivity index (χ1) is 12.5. The summed E-state index contributed by atoms with van der Waals surface area (Å²) in [6, 6.07) is 10.4. The molecule has 3 rings (SSSR count). The Balaban J connectivity index is 2.30. The number of aliphatic carboxylic acids is 1. The van der Waals surface area contributed by atoms with Gasteiger partial charge in [0.2, 0.25) is 5.82 Å². The summed E-state index contributed by atoms with van der Waals surface area (Å²) < 4.78 is 40.2. The van der Waals surface area contributed by atoms with Crippen LogP contribution in [0.5, 0.6) is 0 Å². The predicted octanol–water partition coefficient (Wildman–Crippen LogP) is 4.70. The maximum Gasteiger partial charge on any atom is 0.452 e. The van der Waals surface area contributed by atoms with Crippen LogP contribution in [0.3, 0.4) is 0 Å². The molecule has 1 heterocycles. The van der Waals surface area contributed by atoms with Crippen molar-refractivity contribution < 1.29 is 23.1 Å². The molecule has 5 nitrogen and oxygen atoms in total. The molecule has 0 aliphatic heterocycles. The molecule has 0 aliphatic carbocycles. The fourth-order valence-corrected chi connectivity index (χ4v) is 3.54. The van der Waals surface area contributed by atoms with Crippen molar-refractivity contribution >= 4 is 28.5 Å². The molecule has 0 amide bonds. The third-order valence-electron chi connectivity index (χ3n) is 4.11. The van der Waals surface area contributed by atoms with Gasteiger partial charge in [0.1, 0.15) is 4.75 Å². The van der Waals surface area contributed by atoms with Gasteiger partial charge in [-0.25, -0.2) is 0 Å². The summed E-state index contributed by atoms with van der Waals surface area (Å²) in [5.41, 5.74) is 1.16. The van der Waals surface area contributed by atoms with Gasteiger partial charge in [-0.2, -0.15) is 13.2 Å². The number of hydrogen-bond acceptors (Lipinski definition) is 4. The van der Waals surface area contributed by atoms with E-state index in [1.165, 1.54) is 13.8 Å². The minimum Gasteiger partial charge on any atom is -0.480 e. The van der Waals surface area contributed by atoms with Gasteiger partial charge < -0.3 is 5.11 Å². The summed E-state index contributed by atoms with van der Waals surface area (Å²) in [6.07, 6.45) is -4.74. The van der Waals surface area contributed by atoms with E-state index < -0.39 is 22.7 Å². The molecule has 0 saturated carbocycles. The average Bonchev–Trinajstić information content (AvgIpc) is 2.98. The fraction of sp³-hybridized carbons (Fsp3) is 0.278. The highest BCUT2D eigenvalue weighted by atomic mass is 32.2. The lowest BCUT2D eigenvalue weighted by Gasteiger charge is -2.20. The molecule has 0 aliphatic rings. The van der Waals surface area contributed by atoms with Gasteiger partial charge in [-0.05, 0) is 37.8 Å². The summed E-state index contributed by atoms with van der Waals surface area (Å²) in [4.78, 5) is 11.4. The van der Waals surface area contributed by atoms with E-state index in [1.807, 2.05) is 13.0 Å². The number of rotatable bonds is 4. The average molecular weight is 395 g/mol. The van der Waals surface area contributed by atoms with Crippen molar-refractivity contribution in [3.05, 3.63) is 47.8 Å². The van der Waals surface area contributed by atoms with Crippen molar-refractivity contribution in [1.29, 1.82) is 0 Å². The Morgan fingerprint density at radius 3 is 2.30 bits per heavy atom. The predicted molar refractivity (Wildman–Crippen MR) is 96.2 cm³/mol. The van der Waals surface area contributed by atoms with Gasteiger partial charge in [-0.1, -0.05) is 42.1 Å². The highest BCUT2D eigenvalue weighted by molar-refractivity contribution is 8.01. The summed E-state index contributed by atoms with van der Waals surface area (Å²) in [6.45, 7) is 4.67. The fourth-order valence-electron chi connectivity index (χ4n) is 2.64. The second-order valence-corrected chi connectivity index (χ2v) is 8.09. The van der Waals surface area contributed by atoms with E-state index in [9.17, 15) is 23.1 Å². The van der Waals surface area contributed by atoms with Gasteiger partial charge in [0.25, 0.3) is 0 Å². The molecule has 0 radical (unpaired) electrons. The molecule has 1 N–H and O–H groups in total. The number of benzene rings is 2. The Labute approximate surface area is 157 Å². The number of carboxylic acid groups (broad SMARTS) is 1. The topological polar surface area (TPSA) is 68.0 Å². The minimum absolute atomic E-state index is 0.135. The molecule has 0 fully saturated rings. The SMILES string of the molecule is Cc1ccc(-n2c(SC(C)(C)C(=O)O)nnc2C(F)(F)F)c2ccccc12. The van der Waals surface area contributed by atoms with Crippen molar-refractivity contribution in [2.45, 2.75) is 36.9 Å². The van der Waals surface area contributed by atoms with Crippen LogP contribution in [0, 0.1) is 6.92 Å². The van der Waals surface area contributed by atoms with E-state index in [2.05, 4.69) is 10.2 Å². The number of aromatic nitrogens is 3. The summed E-state index contributed by atoms with van der Waals surface area (Å²) in [5, 5.41) is 17.6. The Morgan fingerprint density at radius 1 is 1.07 bits per heavy atom. The van der Waals surface area contributed by atoms with Crippen LogP contribution in [0.25, 0.3) is 16.5 Å². The molecular formula is C18H16F3N3O2S. The van der Waals surface area contributed by atoms with Crippen LogP contribution >= 0.6 is 11.8 Å². The molecule has 0 bridgehead atoms. The van der Waals surface area contributed by atoms with E-state index in [1.54, 1.807) is 30.3 Å². The maximum absolute atomic E-state index is 13.6. The van der Waals surface area contributed by atoms with Gasteiger partial charge in [0.15, 0.2) is 5.16 Å². The Hall–Kier alpha value is -2.55. The van der Waals surface area contributed by atoms with E-state index in [4.69, 9.17) is 0 Å². The second-order valence-electron chi connectivity index (χ2n) is 6.50. The first-order valence-corrected chi connectivity index (χ1v) is 8.78. The smallest absolute Gasteiger partial charge is 0.452 e. The molecule has 0 saturated heterocycles. The molecule has 0 unspecified atom stereocenters. The Kier molecular flexibility index (Phi) is 4.67. The standard InChI is InChI=1S/C18H16F3N3O2S/c1-10-8-9-13(12-7-5-4-6-11(10)12)24-14(18(19,20)21)22-23-16(24)27-17(2,3)15(25)26/h4-9H,1-3H3,(H,25,26). The normalized spacial score (nSPS) is 12.5. The first-order valence-electron chi connectivity index (χ1n) is 7.96. The molecule has 142 valence electrons. The van der Waals surface area contributed by atoms with Crippen LogP contribution in [-0.4, -0.2) is 30.6 Å². The number of halogens is 3. The summed E-state index contributed by atoms with van der Waals surface area (Å²) in [5.74, 6) is -2.36. The number of thioether (sulfide) groups is 1. The van der Waals surface area contributed by atoms with Crippen molar-refractivity contribution in [2.24, 2.45) is 0 Å². The van der Waals surface area contributed by atoms with Crippen molar-refractivity contribution in [3.63, 3.8) is 0 Å². The molecule has 0 spiro atoms. The monoisotopic (exact) mass is 395 g/mol. The summed E-state index contributed by atoms with van der Waals surface area (Å²) >= 11 is 0.715. The zero-order chi connectivity index (χ0) is 20.0. The number of carbonyl (C=O) groups is 1. The molecule has 2 aromatic carbocycles. The lowest BCUT2D eigenvalue weighted by Crippen LogP contribution is -2.27. The number of nitrogens with zero attached hydrogens (tertiary/aromatic N) is 3. The molecule has 0 atom stereocenters. The van der Waals surface area contributed by atoms with Gasteiger partial charge >= 0.3 is 12.1 Å². The number of alkyl halides is 3. The maximum atomic E-state index is 13.6. The van der Waals surface area contributed by atoms with Crippen molar-refractivity contribution in [1.82, 2.24) is 14.8 Å². The van der Waals surface area contributed by atoms with Crippen LogP contribution in [0.2, 0.25) is 0 Å². The highest BCUT2D eigenvalue weighted by Crippen LogP contribution is 2.39. The van der Waals surface area contributed by atoms with Crippen molar-refractivity contribution in [2.75, 3.05) is 0 Å². The van der Waals surface area contributed by atoms with Crippen LogP contribution in [0.4, 0.5) is 13.2 Å². The lowest BCUT2D eigenvalue weighted by molar-refractivity contribution is -0.146. The molecular weight excluding hydrogens is 379 g/mol. The third kappa shape index (κ3) is 3.51. The van der Waals surface area contributed by atoms with E-state index in [-0.39, 0.29) is 10.8 Å². The number of fused-ring (bicyclic) bond motifs is 1. The number of hydrogen-bond donors (Lipinski definition) is 1. The van der Waals surface area contributed by atoms with Crippen LogP contribution in [0.1, 0.15) is 25.2 Å². The number of carboxylic acids is 1. The largest absolute Gasteiger partial charge is 0.480 e. The highest BCUT2D eigenvalue weighted by Gasteiger charge is 2.41. The van der Waals surface area contributed by atoms with E-state index in [0.717, 1.165) is 15.5 Å². The first kappa shape index (κ1) is 19.2. The summed E-state index contributed by atoms with van der Waals surface area (Å²) in [7, 11) is 0. The molecule has 3 aromatic rings. The third-order valence-corrected chi connectivity index (χ3v) is 5.24. The number of aryl methyl sites for hydroxylation is 1. The Morgan fingerprint density at radius 2 is 1.70 bits per heavy atom. The van der Waals surface area contributed by atoms with E-state index >= 15 is 0 Å². The molecule has 27 heavy (non-hydrogen) atoms. The Bertz CT molecular complexity index is 1030. The minimum atomic E-state index is -4.74. The molecule has 9 heteroatoms. The quantitative estimate of drug-likeness (QED) is 0.649. The van der Waals surface area contributed by atoms with Crippen LogP contribution in [-0.2, 0) is 11.0 Å². The zero-order valence-electron chi connectivity index (χ0n) is 14.7.